The molecule has 158 valence electrons. The zero-order valence-corrected chi connectivity index (χ0v) is 16.6. The highest BCUT2D eigenvalue weighted by molar-refractivity contribution is 5.92. The first-order valence-corrected chi connectivity index (χ1v) is 8.98. The molecular formula is C20H23N5O5. The van der Waals surface area contributed by atoms with E-state index in [1.807, 2.05) is 37.4 Å². The summed E-state index contributed by atoms with van der Waals surface area (Å²) in [6.07, 6.45) is 8.36. The summed E-state index contributed by atoms with van der Waals surface area (Å²) in [6.45, 7) is 2.02. The Morgan fingerprint density at radius 2 is 1.90 bits per heavy atom. The number of allylic oxidation sites excluding steroid dienone is 1. The number of carbonyl (C=O) groups is 2. The Kier molecular flexibility index (Phi) is 8.18. The molecule has 0 amide bonds. The van der Waals surface area contributed by atoms with Gasteiger partial charge in [-0.25, -0.2) is 9.59 Å². The number of aromatic amines is 1. The Bertz CT molecular complexity index is 1020. The molecule has 0 saturated heterocycles. The molecule has 0 radical (unpaired) electrons. The quantitative estimate of drug-likeness (QED) is 0.187. The number of nitrogens with one attached hydrogen (secondary N) is 1. The lowest BCUT2D eigenvalue weighted by Gasteiger charge is -2.02. The van der Waals surface area contributed by atoms with Crippen LogP contribution in [-0.2, 0) is 19.3 Å². The number of benzene rings is 1. The summed E-state index contributed by atoms with van der Waals surface area (Å²) in [5.41, 5.74) is 13.1. The third kappa shape index (κ3) is 6.82. The van der Waals surface area contributed by atoms with E-state index in [1.165, 1.54) is 6.21 Å². The Hall–Kier alpha value is -4.08. The predicted molar refractivity (Wildman–Crippen MR) is 113 cm³/mol. The number of guanidine groups is 1. The van der Waals surface area contributed by atoms with Crippen molar-refractivity contribution in [2.75, 3.05) is 7.11 Å². The zero-order chi connectivity index (χ0) is 21.9. The van der Waals surface area contributed by atoms with Gasteiger partial charge in [0, 0.05) is 41.9 Å². The van der Waals surface area contributed by atoms with E-state index in [0.29, 0.717) is 6.42 Å². The second kappa shape index (κ2) is 11.1. The first-order chi connectivity index (χ1) is 14.4. The topological polar surface area (TPSA) is 154 Å². The Labute approximate surface area is 172 Å². The molecule has 2 rings (SSSR count). The van der Waals surface area contributed by atoms with Gasteiger partial charge in [-0.2, -0.15) is 0 Å². The lowest BCUT2D eigenvalue weighted by atomic mass is 10.1. The number of ether oxygens (including phenoxy) is 1. The van der Waals surface area contributed by atoms with Gasteiger partial charge in [0.05, 0.1) is 7.11 Å². The van der Waals surface area contributed by atoms with Crippen LogP contribution in [0.25, 0.3) is 17.0 Å². The summed E-state index contributed by atoms with van der Waals surface area (Å²) in [5.74, 6) is -1.43. The number of carbonyl (C=O) groups excluding carboxylic acids is 2. The van der Waals surface area contributed by atoms with E-state index in [9.17, 15) is 9.59 Å². The molecule has 30 heavy (non-hydrogen) atoms. The van der Waals surface area contributed by atoms with Gasteiger partial charge in [-0.3, -0.25) is 0 Å². The SMILES string of the molecule is CCC(=Cc1c[nH]c2ccc(OC)cc12)CC=NOC(=O)/C=C\C(=O)ON=C(N)N. The molecule has 2 aromatic rings. The van der Waals surface area contributed by atoms with Crippen molar-refractivity contribution in [3.05, 3.63) is 47.7 Å². The fourth-order valence-corrected chi connectivity index (χ4v) is 2.43. The maximum Gasteiger partial charge on any atom is 0.359 e. The van der Waals surface area contributed by atoms with E-state index in [1.54, 1.807) is 7.11 Å². The molecule has 0 aliphatic heterocycles. The van der Waals surface area contributed by atoms with E-state index >= 15 is 0 Å². The van der Waals surface area contributed by atoms with Crippen LogP contribution in [0.15, 0.2) is 52.4 Å². The molecular weight excluding hydrogens is 390 g/mol. The number of oxime groups is 2. The number of nitrogens with zero attached hydrogens (tertiary/aromatic N) is 2. The Morgan fingerprint density at radius 1 is 1.17 bits per heavy atom. The Morgan fingerprint density at radius 3 is 2.57 bits per heavy atom. The number of hydrogen-bond donors (Lipinski definition) is 3. The molecule has 0 bridgehead atoms. The second-order valence-electron chi connectivity index (χ2n) is 5.97. The van der Waals surface area contributed by atoms with Gasteiger partial charge in [0.2, 0.25) is 5.96 Å². The normalized spacial score (nSPS) is 11.7. The number of nitrogens with two attached hydrogens (primary N) is 2. The van der Waals surface area contributed by atoms with Crippen LogP contribution in [0.1, 0.15) is 25.3 Å². The van der Waals surface area contributed by atoms with Gasteiger partial charge in [-0.15, -0.1) is 0 Å². The summed E-state index contributed by atoms with van der Waals surface area (Å²) in [7, 11) is 1.63. The minimum Gasteiger partial charge on any atom is -0.497 e. The molecule has 10 nitrogen and oxygen atoms in total. The number of aromatic nitrogens is 1. The fraction of sp³-hybridized carbons (Fsp3) is 0.200. The molecule has 10 heteroatoms. The maximum absolute atomic E-state index is 11.5. The number of methoxy groups -OCH3 is 1. The first-order valence-electron chi connectivity index (χ1n) is 8.98. The van der Waals surface area contributed by atoms with Crippen molar-refractivity contribution in [1.29, 1.82) is 0 Å². The number of H-pyrrole nitrogens is 1. The number of hydrogen-bond acceptors (Lipinski definition) is 7. The van der Waals surface area contributed by atoms with Gasteiger partial charge in [0.1, 0.15) is 5.75 Å². The van der Waals surface area contributed by atoms with Crippen molar-refractivity contribution >= 4 is 41.1 Å². The summed E-state index contributed by atoms with van der Waals surface area (Å²) in [6, 6.07) is 5.81. The highest BCUT2D eigenvalue weighted by Crippen LogP contribution is 2.26. The smallest absolute Gasteiger partial charge is 0.359 e. The molecule has 5 N–H and O–H groups in total. The average Bonchev–Trinajstić information content (AvgIpc) is 3.14. The summed E-state index contributed by atoms with van der Waals surface area (Å²) in [4.78, 5) is 34.9. The third-order valence-corrected chi connectivity index (χ3v) is 3.90. The molecule has 1 heterocycles. The molecule has 1 aromatic heterocycles. The van der Waals surface area contributed by atoms with Crippen LogP contribution in [0.2, 0.25) is 0 Å². The highest BCUT2D eigenvalue weighted by atomic mass is 16.7. The van der Waals surface area contributed by atoms with Gasteiger partial charge in [0.15, 0.2) is 0 Å². The van der Waals surface area contributed by atoms with Crippen LogP contribution >= 0.6 is 0 Å². The second-order valence-corrected chi connectivity index (χ2v) is 5.97. The van der Waals surface area contributed by atoms with Crippen molar-refractivity contribution < 1.29 is 24.0 Å². The lowest BCUT2D eigenvalue weighted by molar-refractivity contribution is -0.140. The van der Waals surface area contributed by atoms with Crippen LogP contribution in [0.4, 0.5) is 0 Å². The fourth-order valence-electron chi connectivity index (χ4n) is 2.43. The summed E-state index contributed by atoms with van der Waals surface area (Å²) in [5, 5.41) is 7.70. The minimum absolute atomic E-state index is 0.421. The van der Waals surface area contributed by atoms with E-state index in [4.69, 9.17) is 16.2 Å². The van der Waals surface area contributed by atoms with Crippen LogP contribution in [0.5, 0.6) is 5.75 Å². The van der Waals surface area contributed by atoms with E-state index < -0.39 is 17.9 Å². The molecule has 0 saturated carbocycles. The zero-order valence-electron chi connectivity index (χ0n) is 16.6. The molecule has 0 fully saturated rings. The van der Waals surface area contributed by atoms with Crippen LogP contribution < -0.4 is 16.2 Å². The van der Waals surface area contributed by atoms with E-state index in [-0.39, 0.29) is 0 Å². The largest absolute Gasteiger partial charge is 0.497 e. The molecule has 1 aromatic carbocycles. The van der Waals surface area contributed by atoms with Gasteiger partial charge in [-0.05, 0) is 35.3 Å². The van der Waals surface area contributed by atoms with Crippen LogP contribution in [0.3, 0.4) is 0 Å². The van der Waals surface area contributed by atoms with Crippen molar-refractivity contribution in [2.45, 2.75) is 19.8 Å². The lowest BCUT2D eigenvalue weighted by Crippen LogP contribution is -2.23. The van der Waals surface area contributed by atoms with Crippen molar-refractivity contribution in [1.82, 2.24) is 4.98 Å². The van der Waals surface area contributed by atoms with Gasteiger partial charge >= 0.3 is 11.9 Å². The van der Waals surface area contributed by atoms with E-state index in [2.05, 4.69) is 25.0 Å². The molecule has 0 unspecified atom stereocenters. The standard InChI is InChI=1S/C20H23N5O5/c1-3-13(10-14-12-23-17-5-4-15(28-2)11-16(14)17)8-9-24-29-18(26)6-7-19(27)30-25-20(21)22/h4-7,9-12,23H,3,8H2,1-2H3,(H4,21,22,25)/b7-6-,13-10?,24-9?. The summed E-state index contributed by atoms with van der Waals surface area (Å²) >= 11 is 0. The van der Waals surface area contributed by atoms with Crippen LogP contribution in [0, 0.1) is 0 Å². The van der Waals surface area contributed by atoms with Crippen molar-refractivity contribution in [3.8, 4) is 5.75 Å². The molecule has 0 spiro atoms. The average molecular weight is 413 g/mol. The van der Waals surface area contributed by atoms with Gasteiger partial charge in [-0.1, -0.05) is 23.7 Å². The maximum atomic E-state index is 11.5. The summed E-state index contributed by atoms with van der Waals surface area (Å²) < 4.78 is 5.28. The van der Waals surface area contributed by atoms with E-state index in [0.717, 1.165) is 46.4 Å². The predicted octanol–water partition coefficient (Wildman–Crippen LogP) is 2.18. The Balaban J connectivity index is 1.93. The van der Waals surface area contributed by atoms with Gasteiger partial charge in [0.25, 0.3) is 0 Å². The van der Waals surface area contributed by atoms with Crippen molar-refractivity contribution in [2.24, 2.45) is 21.8 Å². The number of fused-ring (bicyclic) bond motifs is 1. The molecule has 0 aliphatic carbocycles. The van der Waals surface area contributed by atoms with Crippen LogP contribution in [-0.4, -0.2) is 36.2 Å². The number of rotatable bonds is 9. The van der Waals surface area contributed by atoms with Crippen molar-refractivity contribution in [3.63, 3.8) is 0 Å². The third-order valence-electron chi connectivity index (χ3n) is 3.90. The molecule has 0 aliphatic rings. The first kappa shape index (κ1) is 22.2. The highest BCUT2D eigenvalue weighted by Gasteiger charge is 2.05. The monoisotopic (exact) mass is 413 g/mol. The molecule has 0 atom stereocenters. The minimum atomic E-state index is -0.934. The van der Waals surface area contributed by atoms with Gasteiger partial charge < -0.3 is 30.9 Å².